The Kier molecular flexibility index (Phi) is 48.2. The Morgan fingerprint density at radius 3 is 1.00 bits per heavy atom. The second kappa shape index (κ2) is 32.8. The standard InChI is InChI=1S/C9H16O4.C9H18O2.BrH.2K.H/c10-8(11)6-4-2-1-3-5-7-9(12)13;1-2-3-4-5-6-7-8-9(10)11;;;;/h1-7H2,(H,10,11)(H,12,13);2-8H2,1H3,(H,10,11);1H;;;/q;;;2*+1;-1/p-1. The van der Waals surface area contributed by atoms with Gasteiger partial charge >= 0.3 is 121 Å². The first-order chi connectivity index (χ1) is 11.4. The topological polar surface area (TPSA) is 112 Å². The van der Waals surface area contributed by atoms with Crippen LogP contribution in [-0.2, 0) is 14.4 Å². The monoisotopic (exact) mass is 504 g/mol. The van der Waals surface area contributed by atoms with Crippen LogP contribution in [0.15, 0.2) is 0 Å². The van der Waals surface area contributed by atoms with Gasteiger partial charge in [0.25, 0.3) is 0 Å². The van der Waals surface area contributed by atoms with Gasteiger partial charge in [-0.3, -0.25) is 14.4 Å². The molecule has 0 unspecified atom stereocenters. The van der Waals surface area contributed by atoms with E-state index in [2.05, 4.69) is 6.92 Å². The largest absolute Gasteiger partial charge is 1.00 e. The Balaban J connectivity index is -0.0000000764. The summed E-state index contributed by atoms with van der Waals surface area (Å²) >= 11 is 0. The predicted octanol–water partition coefficient (Wildman–Crippen LogP) is -4.17. The Morgan fingerprint density at radius 2 is 0.778 bits per heavy atom. The van der Waals surface area contributed by atoms with Crippen molar-refractivity contribution >= 4 is 17.9 Å². The summed E-state index contributed by atoms with van der Waals surface area (Å²) < 4.78 is 0. The van der Waals surface area contributed by atoms with Gasteiger partial charge in [0.05, 0.1) is 0 Å². The summed E-state index contributed by atoms with van der Waals surface area (Å²) in [7, 11) is 0. The van der Waals surface area contributed by atoms with Crippen LogP contribution in [0.25, 0.3) is 0 Å². The van der Waals surface area contributed by atoms with Gasteiger partial charge in [0.1, 0.15) is 0 Å². The molecule has 27 heavy (non-hydrogen) atoms. The third kappa shape index (κ3) is 47.4. The summed E-state index contributed by atoms with van der Waals surface area (Å²) in [6.07, 6.45) is 11.8. The summed E-state index contributed by atoms with van der Waals surface area (Å²) in [6, 6.07) is 0. The molecule has 0 aromatic carbocycles. The normalized spacial score (nSPS) is 8.78. The van der Waals surface area contributed by atoms with E-state index in [-0.39, 0.29) is 134 Å². The van der Waals surface area contributed by atoms with Crippen LogP contribution in [0.4, 0.5) is 0 Å². The van der Waals surface area contributed by atoms with Gasteiger partial charge in [-0.2, -0.15) is 0 Å². The molecule has 0 aromatic heterocycles. The van der Waals surface area contributed by atoms with Crippen molar-refractivity contribution in [2.45, 2.75) is 96.8 Å². The van der Waals surface area contributed by atoms with Crippen LogP contribution in [0, 0.1) is 0 Å². The Morgan fingerprint density at radius 1 is 0.556 bits per heavy atom. The summed E-state index contributed by atoms with van der Waals surface area (Å²) in [4.78, 5) is 30.3. The molecule has 3 N–H and O–H groups in total. The van der Waals surface area contributed by atoms with Crippen LogP contribution in [0.3, 0.4) is 0 Å². The van der Waals surface area contributed by atoms with Crippen molar-refractivity contribution in [2.75, 3.05) is 0 Å². The molecule has 0 fully saturated rings. The van der Waals surface area contributed by atoms with Gasteiger partial charge in [0.15, 0.2) is 0 Å². The van der Waals surface area contributed by atoms with Gasteiger partial charge in [0.2, 0.25) is 0 Å². The SMILES string of the molecule is CCCCCCCCC(=O)O.O=C(O)CCCCCCCC(=O)O.[Br-].[H-].[K+].[K+]. The predicted molar refractivity (Wildman–Crippen MR) is 94.3 cm³/mol. The van der Waals surface area contributed by atoms with Crippen LogP contribution in [0.1, 0.15) is 98.2 Å². The minimum Gasteiger partial charge on any atom is -1.00 e. The second-order valence-electron chi connectivity index (χ2n) is 5.97. The third-order valence-corrected chi connectivity index (χ3v) is 3.53. The van der Waals surface area contributed by atoms with E-state index in [1.807, 2.05) is 0 Å². The minimum absolute atomic E-state index is 0. The molecular weight excluding hydrogens is 470 g/mol. The maximum atomic E-state index is 10.1. The van der Waals surface area contributed by atoms with E-state index in [0.717, 1.165) is 32.1 Å². The summed E-state index contributed by atoms with van der Waals surface area (Å²) in [5, 5.41) is 24.9. The number of hydrogen-bond donors (Lipinski definition) is 3. The van der Waals surface area contributed by atoms with Crippen molar-refractivity contribution in [1.29, 1.82) is 0 Å². The quantitative estimate of drug-likeness (QED) is 0.154. The third-order valence-electron chi connectivity index (χ3n) is 3.53. The fraction of sp³-hybridized carbons (Fsp3) is 0.833. The number of rotatable bonds is 15. The van der Waals surface area contributed by atoms with E-state index >= 15 is 0 Å². The van der Waals surface area contributed by atoms with Crippen molar-refractivity contribution in [2.24, 2.45) is 0 Å². The maximum absolute atomic E-state index is 10.1. The van der Waals surface area contributed by atoms with Crippen molar-refractivity contribution < 1.29 is 151 Å². The number of aliphatic carboxylic acids is 3. The average molecular weight is 506 g/mol. The van der Waals surface area contributed by atoms with E-state index in [4.69, 9.17) is 15.3 Å². The first-order valence-electron chi connectivity index (χ1n) is 9.05. The number of carbonyl (C=O) groups is 3. The number of halogens is 1. The molecule has 6 nitrogen and oxygen atoms in total. The average Bonchev–Trinajstić information content (AvgIpc) is 2.49. The number of carboxylic acids is 3. The summed E-state index contributed by atoms with van der Waals surface area (Å²) in [5.41, 5.74) is 0. The van der Waals surface area contributed by atoms with Gasteiger partial charge in [-0.15, -0.1) is 0 Å². The van der Waals surface area contributed by atoms with E-state index in [1.165, 1.54) is 25.7 Å². The van der Waals surface area contributed by atoms with Crippen LogP contribution < -0.4 is 120 Å². The molecule has 0 aliphatic carbocycles. The molecule has 0 saturated carbocycles. The van der Waals surface area contributed by atoms with Crippen LogP contribution in [0.2, 0.25) is 0 Å². The molecule has 0 atom stereocenters. The van der Waals surface area contributed by atoms with Gasteiger partial charge < -0.3 is 33.7 Å². The summed E-state index contributed by atoms with van der Waals surface area (Å²) in [5.74, 6) is -2.18. The first-order valence-corrected chi connectivity index (χ1v) is 9.05. The molecule has 0 aliphatic rings. The molecule has 0 rings (SSSR count). The van der Waals surface area contributed by atoms with E-state index in [1.54, 1.807) is 0 Å². The van der Waals surface area contributed by atoms with E-state index in [9.17, 15) is 14.4 Å². The van der Waals surface area contributed by atoms with Gasteiger partial charge in [-0.1, -0.05) is 58.3 Å². The molecule has 0 heterocycles. The molecular formula is C18H35BrK2O6. The smallest absolute Gasteiger partial charge is 1.00 e. The molecule has 0 amide bonds. The fourth-order valence-corrected chi connectivity index (χ4v) is 2.14. The van der Waals surface area contributed by atoms with Gasteiger partial charge in [0, 0.05) is 19.3 Å². The molecule has 152 valence electrons. The van der Waals surface area contributed by atoms with Gasteiger partial charge in [-0.05, 0) is 19.3 Å². The molecule has 0 aliphatic heterocycles. The maximum Gasteiger partial charge on any atom is 1.00 e. The molecule has 0 aromatic rings. The zero-order valence-electron chi connectivity index (χ0n) is 18.3. The van der Waals surface area contributed by atoms with Crippen LogP contribution in [-0.4, -0.2) is 33.2 Å². The van der Waals surface area contributed by atoms with Crippen molar-refractivity contribution in [1.82, 2.24) is 0 Å². The van der Waals surface area contributed by atoms with Gasteiger partial charge in [-0.25, -0.2) is 0 Å². The molecule has 9 heteroatoms. The van der Waals surface area contributed by atoms with Crippen LogP contribution in [0.5, 0.6) is 0 Å². The number of carboxylic acid groups (broad SMARTS) is 3. The Hall–Kier alpha value is 2.16. The van der Waals surface area contributed by atoms with Crippen LogP contribution >= 0.6 is 0 Å². The number of hydrogen-bond acceptors (Lipinski definition) is 3. The molecule has 0 radical (unpaired) electrons. The number of unbranched alkanes of at least 4 members (excludes halogenated alkanes) is 9. The minimum atomic E-state index is -0.759. The van der Waals surface area contributed by atoms with Crippen molar-refractivity contribution in [3.8, 4) is 0 Å². The fourth-order valence-electron chi connectivity index (χ4n) is 2.14. The van der Waals surface area contributed by atoms with Crippen molar-refractivity contribution in [3.63, 3.8) is 0 Å². The van der Waals surface area contributed by atoms with E-state index < -0.39 is 17.9 Å². The Bertz CT molecular complexity index is 332. The summed E-state index contributed by atoms with van der Waals surface area (Å²) in [6.45, 7) is 2.18. The van der Waals surface area contributed by atoms with E-state index in [0.29, 0.717) is 19.3 Å². The van der Waals surface area contributed by atoms with Crippen molar-refractivity contribution in [3.05, 3.63) is 0 Å². The Labute approximate surface area is 261 Å². The molecule has 0 saturated heterocycles. The molecule has 0 bridgehead atoms. The molecule has 0 spiro atoms. The zero-order valence-corrected chi connectivity index (χ0v) is 25.2. The first kappa shape index (κ1) is 39.6. The zero-order chi connectivity index (χ0) is 18.6. The second-order valence-corrected chi connectivity index (χ2v) is 5.97.